The highest BCUT2D eigenvalue weighted by Gasteiger charge is 2.35. The molecule has 158 valence electrons. The Morgan fingerprint density at radius 1 is 0.903 bits per heavy atom. The third-order valence-electron chi connectivity index (χ3n) is 4.30. The summed E-state index contributed by atoms with van der Waals surface area (Å²) in [5.41, 5.74) is -1.32. The Balaban J connectivity index is 1.61. The average Bonchev–Trinajstić information content (AvgIpc) is 3.39. The fourth-order valence-electron chi connectivity index (χ4n) is 2.89. The summed E-state index contributed by atoms with van der Waals surface area (Å²) >= 11 is 3.29. The fourth-order valence-corrected chi connectivity index (χ4v) is 3.35. The molecule has 0 aliphatic heterocycles. The highest BCUT2D eigenvalue weighted by Crippen LogP contribution is 2.37. The zero-order valence-electron chi connectivity index (χ0n) is 15.4. The van der Waals surface area contributed by atoms with E-state index >= 15 is 0 Å². The number of amides is 2. The van der Waals surface area contributed by atoms with Gasteiger partial charge in [0.15, 0.2) is 11.5 Å². The molecule has 2 heterocycles. The van der Waals surface area contributed by atoms with E-state index in [0.717, 1.165) is 12.1 Å². The van der Waals surface area contributed by atoms with Gasteiger partial charge in [-0.05, 0) is 58.4 Å². The number of benzene rings is 2. The van der Waals surface area contributed by atoms with Gasteiger partial charge in [-0.1, -0.05) is 12.1 Å². The van der Waals surface area contributed by atoms with Gasteiger partial charge in [-0.25, -0.2) is 0 Å². The van der Waals surface area contributed by atoms with Crippen molar-refractivity contribution in [2.45, 2.75) is 6.18 Å². The van der Waals surface area contributed by atoms with E-state index in [-0.39, 0.29) is 17.2 Å². The molecule has 2 aromatic heterocycles. The first-order valence-corrected chi connectivity index (χ1v) is 9.57. The van der Waals surface area contributed by atoms with Crippen LogP contribution in [0.1, 0.15) is 26.7 Å². The largest absolute Gasteiger partial charge is 0.459 e. The van der Waals surface area contributed by atoms with Crippen molar-refractivity contribution in [3.8, 4) is 0 Å². The third kappa shape index (κ3) is 4.33. The molecule has 4 aromatic rings. The minimum atomic E-state index is -4.79. The average molecular weight is 493 g/mol. The molecule has 0 radical (unpaired) electrons. The number of furan rings is 2. The van der Waals surface area contributed by atoms with E-state index in [4.69, 9.17) is 8.83 Å². The zero-order chi connectivity index (χ0) is 22.2. The van der Waals surface area contributed by atoms with E-state index < -0.39 is 29.2 Å². The molecule has 0 atom stereocenters. The van der Waals surface area contributed by atoms with Crippen LogP contribution in [0.2, 0.25) is 0 Å². The number of carbonyl (C=O) groups excluding carboxylic acids is 2. The Kier molecular flexibility index (Phi) is 5.32. The van der Waals surface area contributed by atoms with Crippen molar-refractivity contribution >= 4 is 50.1 Å². The maximum Gasteiger partial charge on any atom is 0.418 e. The number of rotatable bonds is 4. The second-order valence-corrected chi connectivity index (χ2v) is 7.27. The molecule has 2 N–H and O–H groups in total. The standard InChI is InChI=1S/C21H12BrF3N2O4/c22-14-4-1-3-11-9-17(31-18(11)14)20(29)27-15-7-6-12(10-13(15)21(23,24)25)26-19(28)16-5-2-8-30-16/h1-10H,(H,26,28)(H,27,29). The van der Waals surface area contributed by atoms with Crippen LogP contribution in [0.3, 0.4) is 0 Å². The Labute approximate surface area is 181 Å². The highest BCUT2D eigenvalue weighted by molar-refractivity contribution is 9.10. The lowest BCUT2D eigenvalue weighted by atomic mass is 10.1. The summed E-state index contributed by atoms with van der Waals surface area (Å²) in [5, 5.41) is 5.16. The molecule has 2 aromatic carbocycles. The Hall–Kier alpha value is -3.53. The van der Waals surface area contributed by atoms with E-state index in [1.165, 1.54) is 30.5 Å². The van der Waals surface area contributed by atoms with Crippen LogP contribution >= 0.6 is 15.9 Å². The van der Waals surface area contributed by atoms with Gasteiger partial charge >= 0.3 is 6.18 Å². The number of hydrogen-bond donors (Lipinski definition) is 2. The third-order valence-corrected chi connectivity index (χ3v) is 4.92. The predicted octanol–water partition coefficient (Wildman–Crippen LogP) is 6.31. The maximum atomic E-state index is 13.6. The van der Waals surface area contributed by atoms with Gasteiger partial charge in [0.25, 0.3) is 11.8 Å². The van der Waals surface area contributed by atoms with Crippen LogP contribution in [0, 0.1) is 0 Å². The van der Waals surface area contributed by atoms with Gasteiger partial charge in [-0.15, -0.1) is 0 Å². The molecule has 0 saturated heterocycles. The summed E-state index contributed by atoms with van der Waals surface area (Å²) in [6, 6.07) is 12.5. The second-order valence-electron chi connectivity index (χ2n) is 6.41. The van der Waals surface area contributed by atoms with Gasteiger partial charge < -0.3 is 19.5 Å². The number of para-hydroxylation sites is 1. The predicted molar refractivity (Wildman–Crippen MR) is 110 cm³/mol. The number of hydrogen-bond acceptors (Lipinski definition) is 4. The molecule has 0 bridgehead atoms. The van der Waals surface area contributed by atoms with E-state index in [0.29, 0.717) is 15.4 Å². The summed E-state index contributed by atoms with van der Waals surface area (Å²) < 4.78 is 51.8. The number of nitrogens with one attached hydrogen (secondary N) is 2. The van der Waals surface area contributed by atoms with Crippen LogP contribution in [-0.2, 0) is 6.18 Å². The molecule has 10 heteroatoms. The molecular weight excluding hydrogens is 481 g/mol. The lowest BCUT2D eigenvalue weighted by molar-refractivity contribution is -0.136. The number of halogens is 4. The smallest absolute Gasteiger partial charge is 0.418 e. The van der Waals surface area contributed by atoms with Crippen LogP contribution < -0.4 is 10.6 Å². The summed E-state index contributed by atoms with van der Waals surface area (Å²) in [5.74, 6) is -1.75. The van der Waals surface area contributed by atoms with Crippen molar-refractivity contribution in [3.63, 3.8) is 0 Å². The summed E-state index contributed by atoms with van der Waals surface area (Å²) in [6.45, 7) is 0. The SMILES string of the molecule is O=C(Nc1ccc(NC(=O)c2cc3cccc(Br)c3o2)c(C(F)(F)F)c1)c1ccco1. The Bertz CT molecular complexity index is 1280. The Morgan fingerprint density at radius 2 is 1.68 bits per heavy atom. The first kappa shape index (κ1) is 20.7. The van der Waals surface area contributed by atoms with Crippen LogP contribution in [0.15, 0.2) is 74.2 Å². The first-order chi connectivity index (χ1) is 14.7. The number of alkyl halides is 3. The molecule has 0 aliphatic rings. The van der Waals surface area contributed by atoms with Crippen molar-refractivity contribution in [1.82, 2.24) is 0 Å². The molecule has 0 saturated carbocycles. The van der Waals surface area contributed by atoms with Crippen LogP contribution in [0.25, 0.3) is 11.0 Å². The Morgan fingerprint density at radius 3 is 2.35 bits per heavy atom. The summed E-state index contributed by atoms with van der Waals surface area (Å²) in [4.78, 5) is 24.5. The summed E-state index contributed by atoms with van der Waals surface area (Å²) in [6.07, 6.45) is -3.52. The highest BCUT2D eigenvalue weighted by atomic mass is 79.9. The normalized spacial score (nSPS) is 11.5. The minimum absolute atomic E-state index is 0.0537. The number of fused-ring (bicyclic) bond motifs is 1. The fraction of sp³-hybridized carbons (Fsp3) is 0.0476. The topological polar surface area (TPSA) is 84.5 Å². The molecule has 0 spiro atoms. The van der Waals surface area contributed by atoms with Crippen molar-refractivity contribution < 1.29 is 31.6 Å². The van der Waals surface area contributed by atoms with E-state index in [9.17, 15) is 22.8 Å². The van der Waals surface area contributed by atoms with Crippen LogP contribution in [-0.4, -0.2) is 11.8 Å². The second kappa shape index (κ2) is 7.95. The van der Waals surface area contributed by atoms with Crippen LogP contribution in [0.5, 0.6) is 0 Å². The van der Waals surface area contributed by atoms with E-state index in [1.54, 1.807) is 18.2 Å². The van der Waals surface area contributed by atoms with E-state index in [2.05, 4.69) is 26.6 Å². The number of anilines is 2. The van der Waals surface area contributed by atoms with Crippen molar-refractivity contribution in [2.75, 3.05) is 10.6 Å². The molecule has 0 unspecified atom stereocenters. The molecule has 6 nitrogen and oxygen atoms in total. The van der Waals surface area contributed by atoms with Crippen molar-refractivity contribution in [3.05, 3.63) is 82.4 Å². The van der Waals surface area contributed by atoms with Gasteiger partial charge in [0.05, 0.1) is 22.0 Å². The van der Waals surface area contributed by atoms with Crippen molar-refractivity contribution in [2.24, 2.45) is 0 Å². The van der Waals surface area contributed by atoms with Gasteiger partial charge in [0.2, 0.25) is 0 Å². The molecule has 0 aliphatic carbocycles. The molecular formula is C21H12BrF3N2O4. The lowest BCUT2D eigenvalue weighted by Gasteiger charge is -2.15. The zero-order valence-corrected chi connectivity index (χ0v) is 17.0. The minimum Gasteiger partial charge on any atom is -0.459 e. The van der Waals surface area contributed by atoms with Gasteiger partial charge in [0.1, 0.15) is 5.58 Å². The number of carbonyl (C=O) groups is 2. The maximum absolute atomic E-state index is 13.6. The molecule has 0 fully saturated rings. The van der Waals surface area contributed by atoms with Crippen LogP contribution in [0.4, 0.5) is 24.5 Å². The molecule has 4 rings (SSSR count). The van der Waals surface area contributed by atoms with Gasteiger partial charge in [0, 0.05) is 11.1 Å². The quantitative estimate of drug-likeness (QED) is 0.349. The van der Waals surface area contributed by atoms with E-state index in [1.807, 2.05) is 0 Å². The molecule has 31 heavy (non-hydrogen) atoms. The monoisotopic (exact) mass is 492 g/mol. The summed E-state index contributed by atoms with van der Waals surface area (Å²) in [7, 11) is 0. The van der Waals surface area contributed by atoms with Gasteiger partial charge in [-0.3, -0.25) is 9.59 Å². The molecule has 2 amide bonds. The van der Waals surface area contributed by atoms with Crippen molar-refractivity contribution in [1.29, 1.82) is 0 Å². The first-order valence-electron chi connectivity index (χ1n) is 8.78. The van der Waals surface area contributed by atoms with Gasteiger partial charge in [-0.2, -0.15) is 13.2 Å². The lowest BCUT2D eigenvalue weighted by Crippen LogP contribution is -2.17.